The van der Waals surface area contributed by atoms with E-state index in [4.69, 9.17) is 6.42 Å². The summed E-state index contributed by atoms with van der Waals surface area (Å²) in [5.41, 5.74) is -0.484. The standard InChI is InChI=1S/C15H24O2/c1-4-5-6-9-15(14(16)17)10-7-13(8-11-15)12(2)3/h1,12-13H,5-11H2,2-3H3,(H,16,17). The third kappa shape index (κ3) is 3.49. The van der Waals surface area contributed by atoms with E-state index in [2.05, 4.69) is 19.8 Å². The lowest BCUT2D eigenvalue weighted by molar-refractivity contribution is -0.152. The van der Waals surface area contributed by atoms with Gasteiger partial charge in [0.2, 0.25) is 0 Å². The van der Waals surface area contributed by atoms with Crippen molar-refractivity contribution in [3.8, 4) is 12.3 Å². The quantitative estimate of drug-likeness (QED) is 0.583. The van der Waals surface area contributed by atoms with Crippen LogP contribution in [-0.2, 0) is 4.79 Å². The van der Waals surface area contributed by atoms with Crippen LogP contribution in [0.15, 0.2) is 0 Å². The van der Waals surface area contributed by atoms with Crippen LogP contribution < -0.4 is 0 Å². The van der Waals surface area contributed by atoms with E-state index in [1.807, 2.05) is 0 Å². The van der Waals surface area contributed by atoms with Crippen molar-refractivity contribution in [2.75, 3.05) is 0 Å². The smallest absolute Gasteiger partial charge is 0.309 e. The maximum absolute atomic E-state index is 11.5. The molecule has 0 aromatic rings. The first-order valence-corrected chi connectivity index (χ1v) is 6.69. The summed E-state index contributed by atoms with van der Waals surface area (Å²) in [6.45, 7) is 4.47. The average molecular weight is 236 g/mol. The Hall–Kier alpha value is -0.970. The lowest BCUT2D eigenvalue weighted by Gasteiger charge is -2.38. The summed E-state index contributed by atoms with van der Waals surface area (Å²) in [6, 6.07) is 0. The molecule has 17 heavy (non-hydrogen) atoms. The number of rotatable bonds is 5. The van der Waals surface area contributed by atoms with E-state index < -0.39 is 11.4 Å². The van der Waals surface area contributed by atoms with E-state index in [1.165, 1.54) is 0 Å². The van der Waals surface area contributed by atoms with Gasteiger partial charge >= 0.3 is 5.97 Å². The van der Waals surface area contributed by atoms with E-state index >= 15 is 0 Å². The fourth-order valence-electron chi connectivity index (χ4n) is 2.96. The zero-order chi connectivity index (χ0) is 12.9. The lowest BCUT2D eigenvalue weighted by atomic mass is 9.66. The number of carbonyl (C=O) groups is 1. The van der Waals surface area contributed by atoms with Crippen LogP contribution in [0.2, 0.25) is 0 Å². The summed E-state index contributed by atoms with van der Waals surface area (Å²) >= 11 is 0. The number of carboxylic acid groups (broad SMARTS) is 1. The van der Waals surface area contributed by atoms with Gasteiger partial charge < -0.3 is 5.11 Å². The zero-order valence-corrected chi connectivity index (χ0v) is 11.0. The minimum absolute atomic E-state index is 0.484. The summed E-state index contributed by atoms with van der Waals surface area (Å²) in [7, 11) is 0. The monoisotopic (exact) mass is 236 g/mol. The van der Waals surface area contributed by atoms with Crippen LogP contribution >= 0.6 is 0 Å². The predicted octanol–water partition coefficient (Wildman–Crippen LogP) is 3.71. The molecule has 1 saturated carbocycles. The molecule has 0 spiro atoms. The van der Waals surface area contributed by atoms with Gasteiger partial charge in [-0.15, -0.1) is 12.3 Å². The van der Waals surface area contributed by atoms with Crippen LogP contribution in [0.4, 0.5) is 0 Å². The number of hydrogen-bond acceptors (Lipinski definition) is 1. The molecule has 0 radical (unpaired) electrons. The molecule has 1 aliphatic carbocycles. The van der Waals surface area contributed by atoms with Gasteiger partial charge in [0.25, 0.3) is 0 Å². The molecular formula is C15H24O2. The number of unbranched alkanes of at least 4 members (excludes halogenated alkanes) is 1. The van der Waals surface area contributed by atoms with Crippen molar-refractivity contribution < 1.29 is 9.90 Å². The maximum Gasteiger partial charge on any atom is 0.309 e. The molecule has 0 aromatic carbocycles. The highest BCUT2D eigenvalue weighted by Crippen LogP contribution is 2.44. The molecule has 1 rings (SSSR count). The molecular weight excluding hydrogens is 212 g/mol. The molecule has 1 fully saturated rings. The highest BCUT2D eigenvalue weighted by Gasteiger charge is 2.41. The van der Waals surface area contributed by atoms with Gasteiger partial charge in [0.15, 0.2) is 0 Å². The topological polar surface area (TPSA) is 37.3 Å². The van der Waals surface area contributed by atoms with Crippen LogP contribution in [0.5, 0.6) is 0 Å². The van der Waals surface area contributed by atoms with Crippen LogP contribution in [0.1, 0.15) is 58.8 Å². The molecule has 1 N–H and O–H groups in total. The Kier molecular flexibility index (Phi) is 5.05. The Balaban J connectivity index is 2.58. The highest BCUT2D eigenvalue weighted by atomic mass is 16.4. The third-order valence-electron chi connectivity index (χ3n) is 4.36. The fraction of sp³-hybridized carbons (Fsp3) is 0.800. The molecule has 2 nitrogen and oxygen atoms in total. The molecule has 0 saturated heterocycles. The van der Waals surface area contributed by atoms with Crippen molar-refractivity contribution in [2.45, 2.75) is 58.8 Å². The summed E-state index contributed by atoms with van der Waals surface area (Å²) < 4.78 is 0. The normalized spacial score (nSPS) is 28.9. The summed E-state index contributed by atoms with van der Waals surface area (Å²) in [6.07, 6.45) is 11.3. The van der Waals surface area contributed by atoms with Gasteiger partial charge in [-0.25, -0.2) is 0 Å². The molecule has 0 aromatic heterocycles. The fourth-order valence-corrected chi connectivity index (χ4v) is 2.96. The second-order valence-corrected chi connectivity index (χ2v) is 5.72. The van der Waals surface area contributed by atoms with E-state index in [-0.39, 0.29) is 0 Å². The molecule has 0 bridgehead atoms. The van der Waals surface area contributed by atoms with E-state index in [0.717, 1.165) is 38.5 Å². The molecule has 1 aliphatic rings. The Bertz CT molecular complexity index is 291. The maximum atomic E-state index is 11.5. The Morgan fingerprint density at radius 2 is 2.06 bits per heavy atom. The summed E-state index contributed by atoms with van der Waals surface area (Å²) in [5, 5.41) is 9.46. The van der Waals surface area contributed by atoms with Gasteiger partial charge in [-0.05, 0) is 50.4 Å². The van der Waals surface area contributed by atoms with Gasteiger partial charge in [-0.2, -0.15) is 0 Å². The molecule has 0 atom stereocenters. The van der Waals surface area contributed by atoms with Crippen molar-refractivity contribution in [3.63, 3.8) is 0 Å². The van der Waals surface area contributed by atoms with Gasteiger partial charge in [0.1, 0.15) is 0 Å². The second kappa shape index (κ2) is 6.10. The van der Waals surface area contributed by atoms with Crippen molar-refractivity contribution in [3.05, 3.63) is 0 Å². The van der Waals surface area contributed by atoms with E-state index in [0.29, 0.717) is 18.3 Å². The van der Waals surface area contributed by atoms with Crippen LogP contribution in [0.3, 0.4) is 0 Å². The number of aliphatic carboxylic acids is 1. The predicted molar refractivity (Wildman–Crippen MR) is 69.5 cm³/mol. The Labute approximate surface area is 105 Å². The minimum Gasteiger partial charge on any atom is -0.481 e. The molecule has 0 aliphatic heterocycles. The Morgan fingerprint density at radius 3 is 2.47 bits per heavy atom. The van der Waals surface area contributed by atoms with Gasteiger partial charge in [-0.1, -0.05) is 13.8 Å². The third-order valence-corrected chi connectivity index (χ3v) is 4.36. The van der Waals surface area contributed by atoms with Crippen LogP contribution in [-0.4, -0.2) is 11.1 Å². The second-order valence-electron chi connectivity index (χ2n) is 5.72. The first kappa shape index (κ1) is 14.1. The van der Waals surface area contributed by atoms with Crippen molar-refractivity contribution in [1.82, 2.24) is 0 Å². The molecule has 2 heteroatoms. The first-order valence-electron chi connectivity index (χ1n) is 6.69. The Morgan fingerprint density at radius 1 is 1.47 bits per heavy atom. The molecule has 96 valence electrons. The SMILES string of the molecule is C#CCCCC1(C(=O)O)CCC(C(C)C)CC1. The average Bonchev–Trinajstić information content (AvgIpc) is 2.29. The van der Waals surface area contributed by atoms with E-state index in [1.54, 1.807) is 0 Å². The molecule has 0 heterocycles. The summed E-state index contributed by atoms with van der Waals surface area (Å²) in [4.78, 5) is 11.5. The van der Waals surface area contributed by atoms with Crippen molar-refractivity contribution in [1.29, 1.82) is 0 Å². The van der Waals surface area contributed by atoms with Crippen LogP contribution in [0.25, 0.3) is 0 Å². The van der Waals surface area contributed by atoms with Crippen LogP contribution in [0, 0.1) is 29.6 Å². The molecule has 0 amide bonds. The summed E-state index contributed by atoms with van der Waals surface area (Å²) in [5.74, 6) is 3.36. The van der Waals surface area contributed by atoms with Gasteiger partial charge in [0, 0.05) is 6.42 Å². The lowest BCUT2D eigenvalue weighted by Crippen LogP contribution is -2.36. The van der Waals surface area contributed by atoms with Crippen molar-refractivity contribution in [2.24, 2.45) is 17.3 Å². The highest BCUT2D eigenvalue weighted by molar-refractivity contribution is 5.74. The van der Waals surface area contributed by atoms with Gasteiger partial charge in [-0.3, -0.25) is 4.79 Å². The number of carboxylic acids is 1. The zero-order valence-electron chi connectivity index (χ0n) is 11.0. The minimum atomic E-state index is -0.614. The number of terminal acetylenes is 1. The van der Waals surface area contributed by atoms with E-state index in [9.17, 15) is 9.90 Å². The van der Waals surface area contributed by atoms with Gasteiger partial charge in [0.05, 0.1) is 5.41 Å². The largest absolute Gasteiger partial charge is 0.481 e. The molecule has 0 unspecified atom stereocenters. The first-order chi connectivity index (χ1) is 8.02. The van der Waals surface area contributed by atoms with Crippen molar-refractivity contribution >= 4 is 5.97 Å². The number of hydrogen-bond donors (Lipinski definition) is 1.